The molecule has 1 atom stereocenters. The molecule has 1 aromatic rings. The summed E-state index contributed by atoms with van der Waals surface area (Å²) >= 11 is -2.31. The first-order chi connectivity index (χ1) is 8.02. The lowest BCUT2D eigenvalue weighted by Crippen LogP contribution is -2.11. The average molecular weight is 262 g/mol. The number of carbonyl (C=O) groups excluding carboxylic acids is 1. The highest BCUT2D eigenvalue weighted by atomic mass is 32.2. The minimum absolute atomic E-state index is 0.00275. The molecule has 0 saturated heterocycles. The van der Waals surface area contributed by atoms with Crippen molar-refractivity contribution in [1.29, 1.82) is 0 Å². The lowest BCUT2D eigenvalue weighted by molar-refractivity contribution is 0.0516. The lowest BCUT2D eigenvalue weighted by atomic mass is 10.2. The van der Waals surface area contributed by atoms with E-state index in [9.17, 15) is 9.00 Å². The van der Waals surface area contributed by atoms with Crippen molar-refractivity contribution < 1.29 is 23.0 Å². The van der Waals surface area contributed by atoms with Crippen LogP contribution in [-0.4, -0.2) is 38.2 Å². The summed E-state index contributed by atoms with van der Waals surface area (Å²) < 4.78 is 31.2. The second-order valence-electron chi connectivity index (χ2n) is 3.15. The van der Waals surface area contributed by atoms with Crippen molar-refractivity contribution in [2.24, 2.45) is 7.05 Å². The highest BCUT2D eigenvalue weighted by molar-refractivity contribution is 7.79. The molecule has 0 fully saturated rings. The Bertz CT molecular complexity index is 443. The van der Waals surface area contributed by atoms with E-state index < -0.39 is 17.0 Å². The number of rotatable bonds is 5. The zero-order chi connectivity index (χ0) is 13.0. The Labute approximate surface area is 101 Å². The Morgan fingerprint density at radius 3 is 2.71 bits per heavy atom. The van der Waals surface area contributed by atoms with Crippen molar-refractivity contribution in [3.63, 3.8) is 0 Å². The largest absolute Gasteiger partial charge is 0.462 e. The van der Waals surface area contributed by atoms with E-state index in [2.05, 4.69) is 5.10 Å². The Hall–Kier alpha value is -1.25. The third-order valence-corrected chi connectivity index (χ3v) is 2.79. The molecule has 0 aliphatic heterocycles. The fraction of sp³-hybridized carbons (Fsp3) is 0.556. The zero-order valence-electron chi connectivity index (χ0n) is 9.80. The van der Waals surface area contributed by atoms with E-state index in [0.29, 0.717) is 0 Å². The lowest BCUT2D eigenvalue weighted by Gasteiger charge is -2.03. The van der Waals surface area contributed by atoms with Gasteiger partial charge in [-0.3, -0.25) is 4.68 Å². The van der Waals surface area contributed by atoms with Crippen LogP contribution in [-0.2, 0) is 34.2 Å². The predicted octanol–water partition coefficient (Wildman–Crippen LogP) is 0.324. The molecular formula is C9H14N2O5S. The average Bonchev–Trinajstić information content (AvgIpc) is 2.56. The molecule has 96 valence electrons. The van der Waals surface area contributed by atoms with Crippen LogP contribution in [0, 0.1) is 0 Å². The van der Waals surface area contributed by atoms with Gasteiger partial charge in [-0.2, -0.15) is 5.10 Å². The molecular weight excluding hydrogens is 248 g/mol. The van der Waals surface area contributed by atoms with Crippen molar-refractivity contribution in [2.45, 2.75) is 18.6 Å². The van der Waals surface area contributed by atoms with Gasteiger partial charge in [-0.05, 0) is 6.92 Å². The molecule has 0 amide bonds. The number of methoxy groups -OCH3 is 1. The van der Waals surface area contributed by atoms with Crippen LogP contribution in [0.25, 0.3) is 0 Å². The van der Waals surface area contributed by atoms with Crippen LogP contribution in [0.5, 0.6) is 0 Å². The third-order valence-electron chi connectivity index (χ3n) is 1.99. The molecule has 1 heterocycles. The molecule has 0 aliphatic rings. The maximum Gasteiger partial charge on any atom is 0.343 e. The van der Waals surface area contributed by atoms with E-state index in [1.165, 1.54) is 18.8 Å². The maximum atomic E-state index is 11.7. The molecule has 7 nitrogen and oxygen atoms in total. The van der Waals surface area contributed by atoms with Gasteiger partial charge in [0.25, 0.3) is 0 Å². The van der Waals surface area contributed by atoms with E-state index >= 15 is 0 Å². The zero-order valence-corrected chi connectivity index (χ0v) is 10.6. The molecule has 17 heavy (non-hydrogen) atoms. The molecule has 1 rings (SSSR count). The second-order valence-corrected chi connectivity index (χ2v) is 4.04. The Kier molecular flexibility index (Phi) is 4.79. The molecule has 8 heteroatoms. The molecule has 0 aromatic carbocycles. The number of carbonyl (C=O) groups is 1. The minimum atomic E-state index is -2.31. The number of ether oxygens (including phenoxy) is 2. The van der Waals surface area contributed by atoms with Crippen molar-refractivity contribution in [2.75, 3.05) is 13.7 Å². The summed E-state index contributed by atoms with van der Waals surface area (Å²) in [6.45, 7) is 1.90. The van der Waals surface area contributed by atoms with Crippen LogP contribution < -0.4 is 0 Å². The molecule has 0 aliphatic carbocycles. The van der Waals surface area contributed by atoms with Gasteiger partial charge >= 0.3 is 5.97 Å². The smallest absolute Gasteiger partial charge is 0.343 e. The quantitative estimate of drug-likeness (QED) is 0.607. The van der Waals surface area contributed by atoms with Crippen LogP contribution in [0.15, 0.2) is 5.03 Å². The Balaban J connectivity index is 3.29. The summed E-state index contributed by atoms with van der Waals surface area (Å²) in [5, 5.41) is 3.88. The molecule has 0 bridgehead atoms. The van der Waals surface area contributed by atoms with Crippen LogP contribution >= 0.6 is 0 Å². The van der Waals surface area contributed by atoms with Gasteiger partial charge in [-0.25, -0.2) is 9.00 Å². The van der Waals surface area contributed by atoms with E-state index in [1.807, 2.05) is 0 Å². The third kappa shape index (κ3) is 2.90. The van der Waals surface area contributed by atoms with E-state index in [4.69, 9.17) is 14.0 Å². The van der Waals surface area contributed by atoms with Crippen molar-refractivity contribution in [3.8, 4) is 0 Å². The van der Waals surface area contributed by atoms with Crippen LogP contribution in [0.3, 0.4) is 0 Å². The van der Waals surface area contributed by atoms with Crippen LogP contribution in [0.1, 0.15) is 23.0 Å². The first-order valence-corrected chi connectivity index (χ1v) is 5.96. The Morgan fingerprint density at radius 2 is 2.24 bits per heavy atom. The van der Waals surface area contributed by atoms with Gasteiger partial charge in [0.1, 0.15) is 11.3 Å². The topological polar surface area (TPSA) is 90.7 Å². The summed E-state index contributed by atoms with van der Waals surface area (Å²) in [4.78, 5) is 11.7. The molecule has 0 spiro atoms. The van der Waals surface area contributed by atoms with Crippen LogP contribution in [0.2, 0.25) is 0 Å². The summed E-state index contributed by atoms with van der Waals surface area (Å²) in [6.07, 6.45) is 0. The van der Waals surface area contributed by atoms with Gasteiger partial charge in [0, 0.05) is 14.2 Å². The molecule has 1 unspecified atom stereocenters. The van der Waals surface area contributed by atoms with Crippen LogP contribution in [0.4, 0.5) is 0 Å². The second kappa shape index (κ2) is 5.89. The number of hydrogen-bond acceptors (Lipinski definition) is 5. The Morgan fingerprint density at radius 1 is 1.59 bits per heavy atom. The molecule has 1 aromatic heterocycles. The van der Waals surface area contributed by atoms with Gasteiger partial charge < -0.3 is 14.0 Å². The normalized spacial score (nSPS) is 12.5. The van der Waals surface area contributed by atoms with E-state index in [0.717, 1.165) is 0 Å². The van der Waals surface area contributed by atoms with Crippen molar-refractivity contribution in [3.05, 3.63) is 11.3 Å². The number of aryl methyl sites for hydroxylation is 1. The summed E-state index contributed by atoms with van der Waals surface area (Å²) in [5.74, 6) is -0.676. The number of esters is 1. The number of nitrogens with zero attached hydrogens (tertiary/aromatic N) is 2. The highest BCUT2D eigenvalue weighted by Crippen LogP contribution is 2.19. The molecule has 1 N–H and O–H groups in total. The fourth-order valence-corrected chi connectivity index (χ4v) is 2.05. The minimum Gasteiger partial charge on any atom is -0.462 e. The summed E-state index contributed by atoms with van der Waals surface area (Å²) in [5.41, 5.74) is 0.280. The standard InChI is InChI=1S/C9H14N2O5S/c1-4-16-9(12)7-6(5-15-3)10-11(2)8(7)17(13)14/h4-5H2,1-3H3,(H,13,14). The highest BCUT2D eigenvalue weighted by Gasteiger charge is 2.26. The summed E-state index contributed by atoms with van der Waals surface area (Å²) in [6, 6.07) is 0. The monoisotopic (exact) mass is 262 g/mol. The van der Waals surface area contributed by atoms with Crippen molar-refractivity contribution >= 4 is 17.0 Å². The van der Waals surface area contributed by atoms with Gasteiger partial charge in [0.05, 0.1) is 13.2 Å². The van der Waals surface area contributed by atoms with Crippen molar-refractivity contribution in [1.82, 2.24) is 9.78 Å². The number of hydrogen-bond donors (Lipinski definition) is 1. The predicted molar refractivity (Wildman–Crippen MR) is 58.9 cm³/mol. The van der Waals surface area contributed by atoms with E-state index in [-0.39, 0.29) is 29.5 Å². The van der Waals surface area contributed by atoms with Gasteiger partial charge in [-0.15, -0.1) is 0 Å². The molecule has 0 radical (unpaired) electrons. The maximum absolute atomic E-state index is 11.7. The number of aromatic nitrogens is 2. The van der Waals surface area contributed by atoms with Gasteiger partial charge in [-0.1, -0.05) is 0 Å². The first kappa shape index (κ1) is 13.8. The van der Waals surface area contributed by atoms with Gasteiger partial charge in [0.15, 0.2) is 5.03 Å². The summed E-state index contributed by atoms with van der Waals surface area (Å²) in [7, 11) is 2.92. The van der Waals surface area contributed by atoms with Gasteiger partial charge in [0.2, 0.25) is 11.1 Å². The first-order valence-electron chi connectivity index (χ1n) is 4.85. The SMILES string of the molecule is CCOC(=O)c1c(COC)nn(C)c1S(=O)O. The molecule has 0 saturated carbocycles. The van der Waals surface area contributed by atoms with E-state index in [1.54, 1.807) is 6.92 Å². The fourth-order valence-electron chi connectivity index (χ4n) is 1.41.